The number of nitrogens with zero attached hydrogens (tertiary/aromatic N) is 8. The molecule has 2 aliphatic heterocycles. The summed E-state index contributed by atoms with van der Waals surface area (Å²) in [5.74, 6) is 0.0674. The van der Waals surface area contributed by atoms with Crippen LogP contribution >= 0.6 is 14.5 Å². The average Bonchev–Trinajstić information content (AvgIpc) is 3.40. The number of anilines is 2. The van der Waals surface area contributed by atoms with E-state index < -0.39 is 79.4 Å². The number of nitrogens with two attached hydrogens (primary N) is 2. The number of ether oxygens (including phenoxy) is 1. The third-order valence-electron chi connectivity index (χ3n) is 13.3. The van der Waals surface area contributed by atoms with E-state index in [0.29, 0.717) is 28.7 Å². The van der Waals surface area contributed by atoms with Gasteiger partial charge in [-0.25, -0.2) is 34.5 Å². The van der Waals surface area contributed by atoms with Gasteiger partial charge >= 0.3 is 14.5 Å². The number of fused-ring (bicyclic) bond motifs is 4. The highest BCUT2D eigenvalue weighted by atomic mass is 32.5. The number of phosphoric acid groups is 1. The van der Waals surface area contributed by atoms with Crippen molar-refractivity contribution in [2.75, 3.05) is 24.7 Å². The van der Waals surface area contributed by atoms with Crippen LogP contribution < -0.4 is 11.5 Å². The first-order chi connectivity index (χ1) is 27.3. The molecule has 0 aromatic carbocycles. The van der Waals surface area contributed by atoms with Crippen molar-refractivity contribution in [2.45, 2.75) is 127 Å². The van der Waals surface area contributed by atoms with Crippen LogP contribution in [0.25, 0.3) is 22.3 Å². The highest BCUT2D eigenvalue weighted by Gasteiger charge is 2.75. The second-order valence-corrected chi connectivity index (χ2v) is 32.8. The van der Waals surface area contributed by atoms with Crippen molar-refractivity contribution < 1.29 is 46.0 Å². The lowest BCUT2D eigenvalue weighted by Crippen LogP contribution is -2.50. The summed E-state index contributed by atoms with van der Waals surface area (Å²) in [7, 11) is -10.2. The van der Waals surface area contributed by atoms with E-state index in [-0.39, 0.29) is 40.8 Å². The Balaban J connectivity index is 1.22. The molecule has 324 valence electrons. The molecule has 4 aromatic heterocycles. The largest absolute Gasteiger partial charge is 0.472 e. The minimum atomic E-state index is -4.96. The molecule has 8 rings (SSSR count). The van der Waals surface area contributed by atoms with Crippen molar-refractivity contribution >= 4 is 76.9 Å². The van der Waals surface area contributed by atoms with Crippen LogP contribution in [0.4, 0.5) is 11.6 Å². The molecule has 6 N–H and O–H groups in total. The zero-order valence-electron chi connectivity index (χ0n) is 34.7. The SMILES string of the molecule is CC(C)(C)[Si](C)(C)OC1[C@H]2OP(=O)(O)OCC34C[C@@H]3[C@@H](n3cnc5c(N)ncnc53)C(O[Si](C)(C)C(C)(C)C)[C@@H]4OP(O)(=S)OC[C@H]1O[C@H]2n1cnc2c(N)ncnc21. The number of nitrogen functional groups attached to an aromatic ring is 2. The Bertz CT molecular complexity index is 2380. The molecule has 2 aliphatic carbocycles. The Morgan fingerprint density at radius 3 is 1.95 bits per heavy atom. The lowest BCUT2D eigenvalue weighted by Gasteiger charge is -2.43. The summed E-state index contributed by atoms with van der Waals surface area (Å²) in [6.45, 7) is 16.0. The predicted octanol–water partition coefficient (Wildman–Crippen LogP) is 5.20. The van der Waals surface area contributed by atoms with Gasteiger partial charge in [0.25, 0.3) is 0 Å². The number of hydrogen-bond donors (Lipinski definition) is 4. The molecule has 0 amide bonds. The third-order valence-corrected chi connectivity index (χ3v) is 24.8. The lowest BCUT2D eigenvalue weighted by atomic mass is 10.0. The van der Waals surface area contributed by atoms with Gasteiger partial charge in [-0.15, -0.1) is 0 Å². The summed E-state index contributed by atoms with van der Waals surface area (Å²) in [6.07, 6.45) is -0.0113. The molecule has 6 heterocycles. The molecular formula is C34H54N10O10P2SSi2. The van der Waals surface area contributed by atoms with Gasteiger partial charge in [-0.2, -0.15) is 0 Å². The third kappa shape index (κ3) is 7.55. The highest BCUT2D eigenvalue weighted by molar-refractivity contribution is 8.07. The zero-order valence-corrected chi connectivity index (χ0v) is 39.4. The van der Waals surface area contributed by atoms with Gasteiger partial charge in [0.2, 0.25) is 0 Å². The number of hydrogen-bond acceptors (Lipinski definition) is 17. The Hall–Kier alpha value is -2.35. The van der Waals surface area contributed by atoms with Crippen molar-refractivity contribution in [3.63, 3.8) is 0 Å². The van der Waals surface area contributed by atoms with Crippen LogP contribution in [0, 0.1) is 11.3 Å². The van der Waals surface area contributed by atoms with Gasteiger partial charge in [0.1, 0.15) is 48.1 Å². The first-order valence-corrected chi connectivity index (χ1v) is 29.3. The molecule has 1 spiro atoms. The van der Waals surface area contributed by atoms with Gasteiger partial charge in [0.05, 0.1) is 38.0 Å². The lowest BCUT2D eigenvalue weighted by molar-refractivity contribution is -0.0603. The molecule has 4 aromatic rings. The fourth-order valence-electron chi connectivity index (χ4n) is 8.00. The molecule has 20 nitrogen and oxygen atoms in total. The minimum absolute atomic E-state index is 0.132. The van der Waals surface area contributed by atoms with Crippen molar-refractivity contribution in [3.05, 3.63) is 25.3 Å². The van der Waals surface area contributed by atoms with Gasteiger partial charge in [-0.1, -0.05) is 41.5 Å². The van der Waals surface area contributed by atoms with Gasteiger partial charge < -0.3 is 48.5 Å². The Labute approximate surface area is 349 Å². The average molecular weight is 913 g/mol. The summed E-state index contributed by atoms with van der Waals surface area (Å²) in [5, 5.41) is -0.538. The maximum atomic E-state index is 14.5. The second kappa shape index (κ2) is 14.3. The number of phosphoric ester groups is 1. The van der Waals surface area contributed by atoms with Crippen LogP contribution in [0.2, 0.25) is 36.3 Å². The van der Waals surface area contributed by atoms with E-state index in [4.69, 9.17) is 55.0 Å². The molecule has 59 heavy (non-hydrogen) atoms. The molecule has 11 atom stereocenters. The molecule has 4 aliphatic rings. The van der Waals surface area contributed by atoms with E-state index in [0.717, 1.165) is 0 Å². The highest BCUT2D eigenvalue weighted by Crippen LogP contribution is 2.73. The van der Waals surface area contributed by atoms with Crippen LogP contribution in [0.5, 0.6) is 0 Å². The van der Waals surface area contributed by atoms with Crippen LogP contribution in [-0.2, 0) is 48.1 Å². The van der Waals surface area contributed by atoms with Crippen molar-refractivity contribution in [1.29, 1.82) is 0 Å². The Morgan fingerprint density at radius 1 is 0.831 bits per heavy atom. The topological polar surface area (TPSA) is 261 Å². The van der Waals surface area contributed by atoms with Crippen LogP contribution in [0.3, 0.4) is 0 Å². The first-order valence-electron chi connectivity index (χ1n) is 19.4. The van der Waals surface area contributed by atoms with Crippen molar-refractivity contribution in [3.8, 4) is 0 Å². The monoisotopic (exact) mass is 912 g/mol. The molecule has 25 heteroatoms. The van der Waals surface area contributed by atoms with E-state index in [1.165, 1.54) is 19.0 Å². The maximum Gasteiger partial charge on any atom is 0.472 e. The van der Waals surface area contributed by atoms with E-state index in [1.807, 2.05) is 17.7 Å². The fraction of sp³-hybridized carbons (Fsp3) is 0.706. The van der Waals surface area contributed by atoms with Gasteiger partial charge in [0, 0.05) is 5.41 Å². The Kier molecular flexibility index (Phi) is 10.5. The molecule has 0 radical (unpaired) electrons. The smallest absolute Gasteiger partial charge is 0.409 e. The Morgan fingerprint density at radius 2 is 1.37 bits per heavy atom. The van der Waals surface area contributed by atoms with Crippen LogP contribution in [-0.4, -0.2) is 109 Å². The van der Waals surface area contributed by atoms with Gasteiger partial charge in [0.15, 0.2) is 45.8 Å². The second-order valence-electron chi connectivity index (χ2n) is 19.1. The summed E-state index contributed by atoms with van der Waals surface area (Å²) in [6, 6.07) is -0.492. The standard InChI is InChI=1S/C34H54N10O10P2SSi2/c1-32(2,3)58(7,8)53-23-19-12-48-56(47,57)52-26-24(54-59(9,10)33(4,5)6)22(43-16-41-20-27(35)37-14-39-29(20)43)18-11-34(18,26)13-49-55(45,46)51-25(23)31(50-19)44-17-42-21-28(36)38-15-40-30(21)44/h14-19,22-26,31H,11-13H2,1-10H3,(H,45,46)(H,47,57)(H2,35,37,39)(H2,36,38,40)/t18-,19-,22-,23?,24?,25-,26+,31-,34?,56?/m1/s1. The summed E-state index contributed by atoms with van der Waals surface area (Å²) in [4.78, 5) is 49.9. The molecular weight excluding hydrogens is 859 g/mol. The number of aromatic nitrogens is 8. The maximum absolute atomic E-state index is 14.5. The molecule has 2 saturated carbocycles. The van der Waals surface area contributed by atoms with Crippen molar-refractivity contribution in [2.24, 2.45) is 11.3 Å². The minimum Gasteiger partial charge on any atom is -0.409 e. The summed E-state index contributed by atoms with van der Waals surface area (Å²) >= 11 is 5.82. The quantitative estimate of drug-likeness (QED) is 0.143. The molecule has 4 fully saturated rings. The van der Waals surface area contributed by atoms with Crippen molar-refractivity contribution in [1.82, 2.24) is 39.0 Å². The van der Waals surface area contributed by atoms with E-state index in [9.17, 15) is 14.4 Å². The van der Waals surface area contributed by atoms with Gasteiger partial charge in [-0.05, 0) is 60.4 Å². The van der Waals surface area contributed by atoms with E-state index >= 15 is 0 Å². The summed E-state index contributed by atoms with van der Waals surface area (Å²) in [5.41, 5.74) is 12.8. The zero-order chi connectivity index (χ0) is 42.9. The number of rotatable bonds is 6. The normalized spacial score (nSPS) is 35.9. The van der Waals surface area contributed by atoms with Crippen LogP contribution in [0.15, 0.2) is 25.3 Å². The molecule has 2 saturated heterocycles. The van der Waals surface area contributed by atoms with Gasteiger partial charge in [-0.3, -0.25) is 13.6 Å². The molecule has 2 bridgehead atoms. The van der Waals surface area contributed by atoms with E-state index in [2.05, 4.69) is 84.5 Å². The summed E-state index contributed by atoms with van der Waals surface area (Å²) < 4.78 is 63.7. The number of imidazole rings is 2. The first kappa shape index (κ1) is 43.3. The molecule has 5 unspecified atom stereocenters. The van der Waals surface area contributed by atoms with E-state index in [1.54, 1.807) is 10.9 Å². The fourth-order valence-corrected chi connectivity index (χ4v) is 13.1. The van der Waals surface area contributed by atoms with Crippen LogP contribution in [0.1, 0.15) is 60.2 Å². The predicted molar refractivity (Wildman–Crippen MR) is 225 cm³/mol.